The normalized spacial score (nSPS) is 33.9. The van der Waals surface area contributed by atoms with Crippen LogP contribution in [-0.4, -0.2) is 101 Å². The number of ether oxygens (including phenoxy) is 4. The number of rotatable bonds is 8. The third-order valence-electron chi connectivity index (χ3n) is 13.6. The lowest BCUT2D eigenvalue weighted by molar-refractivity contribution is -0.179. The third kappa shape index (κ3) is 8.23. The number of likely N-dealkylation sites (tertiary alicyclic amines) is 2. The fourth-order valence-electron chi connectivity index (χ4n) is 11.2. The molecule has 0 spiro atoms. The Morgan fingerprint density at radius 1 is 0.611 bits per heavy atom. The second kappa shape index (κ2) is 18.8. The number of hydrogen-bond donors (Lipinski definition) is 2. The van der Waals surface area contributed by atoms with Crippen LogP contribution >= 0.6 is 24.8 Å². The molecule has 0 aromatic heterocycles. The van der Waals surface area contributed by atoms with Gasteiger partial charge in [-0.1, -0.05) is 37.1 Å². The Kier molecular flexibility index (Phi) is 14.9. The van der Waals surface area contributed by atoms with Crippen LogP contribution in [-0.2, 0) is 30.1 Å². The molecule has 6 unspecified atom stereocenters. The summed E-state index contributed by atoms with van der Waals surface area (Å²) in [5, 5.41) is 0. The van der Waals surface area contributed by atoms with E-state index in [2.05, 4.69) is 21.9 Å². The molecule has 2 saturated carbocycles. The molecule has 8 rings (SSSR count). The van der Waals surface area contributed by atoms with E-state index in [1.165, 1.54) is 25.7 Å². The van der Waals surface area contributed by atoms with Crippen LogP contribution in [0.4, 0.5) is 0 Å². The van der Waals surface area contributed by atoms with Gasteiger partial charge in [-0.2, -0.15) is 0 Å². The topological polar surface area (TPSA) is 130 Å². The number of piperidine rings is 2. The molecule has 6 atom stereocenters. The molecule has 2 aromatic rings. The van der Waals surface area contributed by atoms with Crippen molar-refractivity contribution < 1.29 is 28.5 Å². The lowest BCUT2D eigenvalue weighted by Crippen LogP contribution is -2.61. The highest BCUT2D eigenvalue weighted by Gasteiger charge is 2.55. The van der Waals surface area contributed by atoms with Crippen LogP contribution in [0.15, 0.2) is 48.5 Å². The first-order valence-corrected chi connectivity index (χ1v) is 19.8. The highest BCUT2D eigenvalue weighted by molar-refractivity contribution is 5.93. The van der Waals surface area contributed by atoms with E-state index in [1.807, 2.05) is 38.5 Å². The van der Waals surface area contributed by atoms with Crippen molar-refractivity contribution in [2.45, 2.75) is 87.5 Å². The molecule has 2 aromatic carbocycles. The van der Waals surface area contributed by atoms with E-state index in [0.717, 1.165) is 102 Å². The zero-order chi connectivity index (χ0) is 36.3. The first-order chi connectivity index (χ1) is 25.3. The van der Waals surface area contributed by atoms with Crippen molar-refractivity contribution in [3.63, 3.8) is 0 Å². The summed E-state index contributed by atoms with van der Waals surface area (Å²) in [7, 11) is 3.67. The van der Waals surface area contributed by atoms with Gasteiger partial charge in [0.15, 0.2) is 0 Å². The van der Waals surface area contributed by atoms with Crippen LogP contribution < -0.4 is 11.5 Å². The Balaban J connectivity index is 0.000000200. The average molecular weight is 790 g/mol. The number of hydrogen-bond acceptors (Lipinski definition) is 8. The summed E-state index contributed by atoms with van der Waals surface area (Å²) in [6.07, 6.45) is 11.9. The first-order valence-electron chi connectivity index (χ1n) is 19.8. The van der Waals surface area contributed by atoms with Crippen LogP contribution in [0.1, 0.15) is 96.1 Å². The molecular weight excluding hydrogens is 727 g/mol. The fourth-order valence-corrected chi connectivity index (χ4v) is 11.2. The predicted molar refractivity (Wildman–Crippen MR) is 214 cm³/mol. The van der Waals surface area contributed by atoms with Crippen LogP contribution in [0, 0.1) is 23.7 Å². The molecule has 0 radical (unpaired) electrons. The standard InChI is InChI=1S/2C21H30N2O3.2ClH/c2*1-25-21(16-6-2-5-15(11-16)20(22)24)17-7-3-8-18(21)13-23(12-17)19-9-4-10-26-14-19;;/h2*2,5-6,11,17-19H,3-4,7-10,12-14H2,1H3,(H2,22,24);2*1H. The molecule has 2 aliphatic carbocycles. The molecule has 4 aliphatic heterocycles. The number of methoxy groups -OCH3 is 2. The monoisotopic (exact) mass is 788 g/mol. The van der Waals surface area contributed by atoms with Gasteiger partial charge in [-0.15, -0.1) is 24.8 Å². The minimum atomic E-state index is -0.375. The van der Waals surface area contributed by atoms with Gasteiger partial charge in [0.05, 0.1) is 13.2 Å². The minimum absolute atomic E-state index is 0. The molecule has 54 heavy (non-hydrogen) atoms. The van der Waals surface area contributed by atoms with E-state index in [1.54, 1.807) is 12.1 Å². The van der Waals surface area contributed by atoms with Gasteiger partial charge in [-0.3, -0.25) is 19.4 Å². The van der Waals surface area contributed by atoms with Crippen molar-refractivity contribution in [3.05, 3.63) is 70.8 Å². The Morgan fingerprint density at radius 2 is 0.981 bits per heavy atom. The maximum Gasteiger partial charge on any atom is 0.248 e. The Bertz CT molecular complexity index is 1410. The van der Waals surface area contributed by atoms with Gasteiger partial charge in [0, 0.05) is 100 Å². The summed E-state index contributed by atoms with van der Waals surface area (Å²) in [4.78, 5) is 28.7. The van der Waals surface area contributed by atoms with Gasteiger partial charge in [0.2, 0.25) is 11.8 Å². The largest absolute Gasteiger partial charge is 0.380 e. The van der Waals surface area contributed by atoms with E-state index in [4.69, 9.17) is 30.4 Å². The molecule has 6 aliphatic rings. The maximum absolute atomic E-state index is 11.7. The Hall–Kier alpha value is -2.28. The molecule has 4 N–H and O–H groups in total. The number of amides is 2. The van der Waals surface area contributed by atoms with Crippen LogP contribution in [0.2, 0.25) is 0 Å². The average Bonchev–Trinajstić information content (AvgIpc) is 3.17. The summed E-state index contributed by atoms with van der Waals surface area (Å²) < 4.78 is 24.1. The highest BCUT2D eigenvalue weighted by atomic mass is 35.5. The zero-order valence-corrected chi connectivity index (χ0v) is 33.8. The Morgan fingerprint density at radius 3 is 1.28 bits per heavy atom. The second-order valence-electron chi connectivity index (χ2n) is 16.2. The number of nitrogens with two attached hydrogens (primary N) is 2. The summed E-state index contributed by atoms with van der Waals surface area (Å²) in [5.74, 6) is 0.991. The van der Waals surface area contributed by atoms with Crippen LogP contribution in [0.3, 0.4) is 0 Å². The van der Waals surface area contributed by atoms with Crippen molar-refractivity contribution >= 4 is 36.6 Å². The summed E-state index contributed by atoms with van der Waals surface area (Å²) >= 11 is 0. The number of carbonyl (C=O) groups is 2. The number of fused-ring (bicyclic) bond motifs is 4. The molecule has 300 valence electrons. The van der Waals surface area contributed by atoms with Crippen molar-refractivity contribution in [2.24, 2.45) is 35.1 Å². The lowest BCUT2D eigenvalue weighted by Gasteiger charge is -2.57. The molecule has 2 amide bonds. The Labute approximate surface area is 334 Å². The number of halogens is 2. The van der Waals surface area contributed by atoms with Crippen molar-refractivity contribution in [3.8, 4) is 0 Å². The van der Waals surface area contributed by atoms with Crippen LogP contribution in [0.5, 0.6) is 0 Å². The fraction of sp³-hybridized carbons (Fsp3) is 0.667. The highest BCUT2D eigenvalue weighted by Crippen LogP contribution is 2.53. The van der Waals surface area contributed by atoms with Crippen molar-refractivity contribution in [1.29, 1.82) is 0 Å². The smallest absolute Gasteiger partial charge is 0.248 e. The van der Waals surface area contributed by atoms with Gasteiger partial charge < -0.3 is 30.4 Å². The van der Waals surface area contributed by atoms with E-state index in [9.17, 15) is 9.59 Å². The SMILES string of the molecule is COC1(c2cccc(C(N)=O)c2)C2CCCC1CN(C1CCCOC1)C2.COC1(c2cccc(C(N)=O)c2)C2CCCC1CN(C1CCCOC1)C2.Cl.Cl. The van der Waals surface area contributed by atoms with Gasteiger partial charge in [-0.25, -0.2) is 0 Å². The second-order valence-corrected chi connectivity index (χ2v) is 16.2. The molecule has 10 nitrogen and oxygen atoms in total. The summed E-state index contributed by atoms with van der Waals surface area (Å²) in [6, 6.07) is 16.7. The lowest BCUT2D eigenvalue weighted by atomic mass is 9.62. The van der Waals surface area contributed by atoms with Gasteiger partial charge in [0.25, 0.3) is 0 Å². The van der Waals surface area contributed by atoms with Gasteiger partial charge in [0.1, 0.15) is 11.2 Å². The van der Waals surface area contributed by atoms with E-state index in [0.29, 0.717) is 46.9 Å². The van der Waals surface area contributed by atoms with E-state index >= 15 is 0 Å². The predicted octanol–water partition coefficient (Wildman–Crippen LogP) is 5.92. The quantitative estimate of drug-likeness (QED) is 0.338. The van der Waals surface area contributed by atoms with E-state index in [-0.39, 0.29) is 47.8 Å². The minimum Gasteiger partial charge on any atom is -0.380 e. The number of nitrogens with zero attached hydrogens (tertiary/aromatic N) is 2. The molecule has 12 heteroatoms. The molecule has 4 heterocycles. The maximum atomic E-state index is 11.7. The van der Waals surface area contributed by atoms with E-state index < -0.39 is 0 Å². The zero-order valence-electron chi connectivity index (χ0n) is 32.1. The summed E-state index contributed by atoms with van der Waals surface area (Å²) in [6.45, 7) is 7.68. The van der Waals surface area contributed by atoms with Crippen LogP contribution in [0.25, 0.3) is 0 Å². The molecule has 4 bridgehead atoms. The molecule has 6 fully saturated rings. The number of benzene rings is 2. The third-order valence-corrected chi connectivity index (χ3v) is 13.6. The first kappa shape index (κ1) is 42.9. The van der Waals surface area contributed by atoms with Crippen molar-refractivity contribution in [1.82, 2.24) is 9.80 Å². The number of carbonyl (C=O) groups excluding carboxylic acids is 2. The molecule has 4 saturated heterocycles. The van der Waals surface area contributed by atoms with Crippen molar-refractivity contribution in [2.75, 3.05) is 66.8 Å². The van der Waals surface area contributed by atoms with Gasteiger partial charge >= 0.3 is 0 Å². The summed E-state index contributed by atoms with van der Waals surface area (Å²) in [5.41, 5.74) is 13.8. The molecular formula is C42H62Cl2N4O6. The van der Waals surface area contributed by atoms with Gasteiger partial charge in [-0.05, 0) is 86.8 Å². The number of primary amides is 2.